The van der Waals surface area contributed by atoms with Gasteiger partial charge in [-0.2, -0.15) is 5.26 Å². The highest BCUT2D eigenvalue weighted by molar-refractivity contribution is 6.30. The van der Waals surface area contributed by atoms with Crippen molar-refractivity contribution in [3.8, 4) is 6.07 Å². The molecule has 2 aromatic rings. The highest BCUT2D eigenvalue weighted by atomic mass is 35.5. The fourth-order valence-corrected chi connectivity index (χ4v) is 2.43. The first kappa shape index (κ1) is 16.4. The number of benzene rings is 2. The third kappa shape index (κ3) is 5.40. The quantitative estimate of drug-likeness (QED) is 0.711. The van der Waals surface area contributed by atoms with Crippen LogP contribution in [0.2, 0.25) is 5.02 Å². The molecule has 2 N–H and O–H groups in total. The van der Waals surface area contributed by atoms with E-state index in [1.807, 2.05) is 54.6 Å². The SMILES string of the molecule is N#CCCC(NCCNc1ccccc1)c1ccc(Cl)cc1. The van der Waals surface area contributed by atoms with E-state index in [1.54, 1.807) is 0 Å². The summed E-state index contributed by atoms with van der Waals surface area (Å²) >= 11 is 5.93. The van der Waals surface area contributed by atoms with Gasteiger partial charge in [-0.3, -0.25) is 0 Å². The van der Waals surface area contributed by atoms with E-state index in [0.717, 1.165) is 30.2 Å². The summed E-state index contributed by atoms with van der Waals surface area (Å²) in [5, 5.41) is 16.4. The number of hydrogen-bond acceptors (Lipinski definition) is 3. The van der Waals surface area contributed by atoms with Crippen molar-refractivity contribution in [2.24, 2.45) is 0 Å². The lowest BCUT2D eigenvalue weighted by Crippen LogP contribution is -2.27. The average molecular weight is 314 g/mol. The highest BCUT2D eigenvalue weighted by Crippen LogP contribution is 2.20. The maximum absolute atomic E-state index is 8.82. The third-order valence-corrected chi connectivity index (χ3v) is 3.69. The number of nitriles is 1. The summed E-state index contributed by atoms with van der Waals surface area (Å²) in [5.41, 5.74) is 2.28. The first-order chi connectivity index (χ1) is 10.8. The minimum atomic E-state index is 0.175. The number of para-hydroxylation sites is 1. The zero-order valence-electron chi connectivity index (χ0n) is 12.4. The molecule has 2 aromatic carbocycles. The van der Waals surface area contributed by atoms with Crippen molar-refractivity contribution in [3.63, 3.8) is 0 Å². The summed E-state index contributed by atoms with van der Waals surface area (Å²) in [6.45, 7) is 1.66. The summed E-state index contributed by atoms with van der Waals surface area (Å²) in [6, 6.07) is 20.3. The molecule has 0 radical (unpaired) electrons. The van der Waals surface area contributed by atoms with Crippen molar-refractivity contribution in [3.05, 3.63) is 65.2 Å². The summed E-state index contributed by atoms with van der Waals surface area (Å²) in [6.07, 6.45) is 1.33. The zero-order chi connectivity index (χ0) is 15.6. The predicted molar refractivity (Wildman–Crippen MR) is 92.0 cm³/mol. The number of rotatable bonds is 8. The topological polar surface area (TPSA) is 47.9 Å². The molecule has 3 nitrogen and oxygen atoms in total. The molecule has 0 aliphatic rings. The van der Waals surface area contributed by atoms with E-state index in [4.69, 9.17) is 16.9 Å². The summed E-state index contributed by atoms with van der Waals surface area (Å²) in [5.74, 6) is 0. The Morgan fingerprint density at radius 3 is 2.41 bits per heavy atom. The molecule has 0 aromatic heterocycles. The Labute approximate surface area is 136 Å². The van der Waals surface area contributed by atoms with Gasteiger partial charge in [0.1, 0.15) is 0 Å². The maximum Gasteiger partial charge on any atom is 0.0622 e. The van der Waals surface area contributed by atoms with E-state index in [9.17, 15) is 0 Å². The number of nitrogens with one attached hydrogen (secondary N) is 2. The van der Waals surface area contributed by atoms with Crippen molar-refractivity contribution in [1.29, 1.82) is 5.26 Å². The summed E-state index contributed by atoms with van der Waals surface area (Å²) in [7, 11) is 0. The van der Waals surface area contributed by atoms with Gasteiger partial charge in [0.2, 0.25) is 0 Å². The number of hydrogen-bond donors (Lipinski definition) is 2. The van der Waals surface area contributed by atoms with Gasteiger partial charge in [0, 0.05) is 36.3 Å². The van der Waals surface area contributed by atoms with Crippen LogP contribution in [-0.4, -0.2) is 13.1 Å². The van der Waals surface area contributed by atoms with E-state index in [1.165, 1.54) is 5.56 Å². The van der Waals surface area contributed by atoms with Gasteiger partial charge in [0.15, 0.2) is 0 Å². The largest absolute Gasteiger partial charge is 0.384 e. The van der Waals surface area contributed by atoms with Crippen LogP contribution in [0.1, 0.15) is 24.4 Å². The van der Waals surface area contributed by atoms with Crippen LogP contribution in [0, 0.1) is 11.3 Å². The second-order valence-electron chi connectivity index (χ2n) is 5.05. The van der Waals surface area contributed by atoms with Crippen molar-refractivity contribution in [1.82, 2.24) is 5.32 Å². The van der Waals surface area contributed by atoms with E-state index >= 15 is 0 Å². The minimum absolute atomic E-state index is 0.175. The van der Waals surface area contributed by atoms with Gasteiger partial charge in [0.05, 0.1) is 6.07 Å². The molecule has 0 amide bonds. The molecule has 114 valence electrons. The van der Waals surface area contributed by atoms with Crippen LogP contribution in [0.25, 0.3) is 0 Å². The number of anilines is 1. The average Bonchev–Trinajstić information content (AvgIpc) is 2.56. The summed E-state index contributed by atoms with van der Waals surface area (Å²) in [4.78, 5) is 0. The molecular weight excluding hydrogens is 294 g/mol. The van der Waals surface area contributed by atoms with E-state index in [2.05, 4.69) is 16.7 Å². The molecule has 0 heterocycles. The maximum atomic E-state index is 8.82. The molecular formula is C18H20ClN3. The van der Waals surface area contributed by atoms with Crippen LogP contribution in [0.15, 0.2) is 54.6 Å². The minimum Gasteiger partial charge on any atom is -0.384 e. The monoisotopic (exact) mass is 313 g/mol. The molecule has 0 bridgehead atoms. The van der Waals surface area contributed by atoms with Crippen LogP contribution in [0.3, 0.4) is 0 Å². The van der Waals surface area contributed by atoms with Gasteiger partial charge < -0.3 is 10.6 Å². The lowest BCUT2D eigenvalue weighted by Gasteiger charge is -2.18. The first-order valence-electron chi connectivity index (χ1n) is 7.44. The second-order valence-corrected chi connectivity index (χ2v) is 5.48. The first-order valence-corrected chi connectivity index (χ1v) is 7.82. The molecule has 0 aliphatic heterocycles. The Morgan fingerprint density at radius 1 is 1.00 bits per heavy atom. The van der Waals surface area contributed by atoms with Crippen LogP contribution in [0.5, 0.6) is 0 Å². The van der Waals surface area contributed by atoms with Gasteiger partial charge in [-0.15, -0.1) is 0 Å². The lowest BCUT2D eigenvalue weighted by molar-refractivity contribution is 0.516. The van der Waals surface area contributed by atoms with Gasteiger partial charge >= 0.3 is 0 Å². The molecule has 4 heteroatoms. The van der Waals surface area contributed by atoms with Crippen molar-refractivity contribution in [2.45, 2.75) is 18.9 Å². The van der Waals surface area contributed by atoms with Crippen LogP contribution < -0.4 is 10.6 Å². The van der Waals surface area contributed by atoms with E-state index < -0.39 is 0 Å². The van der Waals surface area contributed by atoms with E-state index in [-0.39, 0.29) is 6.04 Å². The normalized spacial score (nSPS) is 11.6. The Bertz CT molecular complexity index is 590. The Morgan fingerprint density at radius 2 is 1.73 bits per heavy atom. The Hall–Kier alpha value is -2.02. The van der Waals surface area contributed by atoms with Crippen molar-refractivity contribution in [2.75, 3.05) is 18.4 Å². The fourth-order valence-electron chi connectivity index (χ4n) is 2.30. The van der Waals surface area contributed by atoms with Gasteiger partial charge in [-0.1, -0.05) is 41.9 Å². The highest BCUT2D eigenvalue weighted by Gasteiger charge is 2.10. The number of halogens is 1. The van der Waals surface area contributed by atoms with Crippen molar-refractivity contribution >= 4 is 17.3 Å². The Kier molecular flexibility index (Phi) is 6.76. The smallest absolute Gasteiger partial charge is 0.0622 e. The second kappa shape index (κ2) is 9.09. The molecule has 0 saturated carbocycles. The molecule has 22 heavy (non-hydrogen) atoms. The molecule has 2 rings (SSSR count). The van der Waals surface area contributed by atoms with Crippen LogP contribution in [-0.2, 0) is 0 Å². The standard InChI is InChI=1S/C18H20ClN3/c19-16-10-8-15(9-11-16)18(7-4-12-20)22-14-13-21-17-5-2-1-3-6-17/h1-3,5-6,8-11,18,21-22H,4,7,13-14H2. The zero-order valence-corrected chi connectivity index (χ0v) is 13.2. The third-order valence-electron chi connectivity index (χ3n) is 3.44. The van der Waals surface area contributed by atoms with Gasteiger partial charge in [0.25, 0.3) is 0 Å². The molecule has 1 unspecified atom stereocenters. The van der Waals surface area contributed by atoms with Crippen LogP contribution in [0.4, 0.5) is 5.69 Å². The fraction of sp³-hybridized carbons (Fsp3) is 0.278. The number of nitrogens with zero attached hydrogens (tertiary/aromatic N) is 1. The van der Waals surface area contributed by atoms with Gasteiger partial charge in [-0.25, -0.2) is 0 Å². The molecule has 0 aliphatic carbocycles. The Balaban J connectivity index is 1.84. The summed E-state index contributed by atoms with van der Waals surface area (Å²) < 4.78 is 0. The molecule has 0 spiro atoms. The van der Waals surface area contributed by atoms with Crippen LogP contribution >= 0.6 is 11.6 Å². The molecule has 0 saturated heterocycles. The predicted octanol–water partition coefficient (Wildman–Crippen LogP) is 4.39. The molecule has 1 atom stereocenters. The molecule has 0 fully saturated rings. The van der Waals surface area contributed by atoms with Crippen molar-refractivity contribution < 1.29 is 0 Å². The van der Waals surface area contributed by atoms with Gasteiger partial charge in [-0.05, 0) is 36.2 Å². The van der Waals surface area contributed by atoms with E-state index in [0.29, 0.717) is 6.42 Å². The lowest BCUT2D eigenvalue weighted by atomic mass is 10.0.